The molecule has 1 aromatic carbocycles. The zero-order valence-electron chi connectivity index (χ0n) is 18.7. The SMILES string of the molecule is CCOC(=O)c1cccc(NC2CCCN(C3CCCN(c4ncnc(N)c4F)C3)C2=O)c1. The number of piperidine rings is 2. The molecule has 10 heteroatoms. The minimum absolute atomic E-state index is 0.0114. The molecule has 0 radical (unpaired) electrons. The molecule has 9 nitrogen and oxygen atoms in total. The molecule has 3 heterocycles. The van der Waals surface area contributed by atoms with Crippen LogP contribution in [0.1, 0.15) is 43.0 Å². The summed E-state index contributed by atoms with van der Waals surface area (Å²) in [4.78, 5) is 36.9. The zero-order chi connectivity index (χ0) is 23.4. The summed E-state index contributed by atoms with van der Waals surface area (Å²) in [6, 6.07) is 6.55. The Morgan fingerprint density at radius 1 is 1.27 bits per heavy atom. The quantitative estimate of drug-likeness (QED) is 0.638. The van der Waals surface area contributed by atoms with Gasteiger partial charge >= 0.3 is 5.97 Å². The Morgan fingerprint density at radius 3 is 2.91 bits per heavy atom. The van der Waals surface area contributed by atoms with E-state index in [2.05, 4.69) is 15.3 Å². The summed E-state index contributed by atoms with van der Waals surface area (Å²) in [6.45, 7) is 3.86. The largest absolute Gasteiger partial charge is 0.462 e. The smallest absolute Gasteiger partial charge is 0.338 e. The van der Waals surface area contributed by atoms with Gasteiger partial charge in [-0.1, -0.05) is 6.07 Å². The van der Waals surface area contributed by atoms with Crippen LogP contribution in [-0.4, -0.2) is 65.1 Å². The van der Waals surface area contributed by atoms with Crippen LogP contribution in [0.25, 0.3) is 0 Å². The number of esters is 1. The Balaban J connectivity index is 1.45. The maximum Gasteiger partial charge on any atom is 0.338 e. The summed E-state index contributed by atoms with van der Waals surface area (Å²) in [5, 5.41) is 3.29. The second-order valence-corrected chi connectivity index (χ2v) is 8.31. The Bertz CT molecular complexity index is 1020. The number of nitrogens with two attached hydrogens (primary N) is 1. The molecule has 176 valence electrons. The van der Waals surface area contributed by atoms with E-state index < -0.39 is 17.8 Å². The van der Waals surface area contributed by atoms with Crippen molar-refractivity contribution in [3.05, 3.63) is 42.0 Å². The third-order valence-electron chi connectivity index (χ3n) is 6.12. The van der Waals surface area contributed by atoms with E-state index in [1.165, 1.54) is 6.33 Å². The number of hydrogen-bond donors (Lipinski definition) is 2. The van der Waals surface area contributed by atoms with Gasteiger partial charge in [0.1, 0.15) is 12.4 Å². The maximum absolute atomic E-state index is 14.5. The van der Waals surface area contributed by atoms with E-state index in [9.17, 15) is 14.0 Å². The summed E-state index contributed by atoms with van der Waals surface area (Å²) in [7, 11) is 0. The first kappa shape index (κ1) is 22.8. The molecule has 2 aliphatic rings. The highest BCUT2D eigenvalue weighted by atomic mass is 19.1. The van der Waals surface area contributed by atoms with Gasteiger partial charge in [-0.15, -0.1) is 0 Å². The second-order valence-electron chi connectivity index (χ2n) is 8.31. The van der Waals surface area contributed by atoms with E-state index in [-0.39, 0.29) is 23.6 Å². The van der Waals surface area contributed by atoms with Gasteiger partial charge in [-0.05, 0) is 50.8 Å². The average molecular weight is 457 g/mol. The number of nitrogens with zero attached hydrogens (tertiary/aromatic N) is 4. The molecule has 4 rings (SSSR count). The van der Waals surface area contributed by atoms with E-state index >= 15 is 0 Å². The maximum atomic E-state index is 14.5. The van der Waals surface area contributed by atoms with Crippen LogP contribution < -0.4 is 16.0 Å². The second kappa shape index (κ2) is 10.0. The lowest BCUT2D eigenvalue weighted by molar-refractivity contribution is -0.137. The van der Waals surface area contributed by atoms with Gasteiger partial charge in [0.25, 0.3) is 0 Å². The van der Waals surface area contributed by atoms with E-state index in [1.54, 1.807) is 25.1 Å². The number of rotatable bonds is 6. The molecule has 3 N–H and O–H groups in total. The number of nitrogen functional groups attached to an aromatic ring is 1. The monoisotopic (exact) mass is 456 g/mol. The van der Waals surface area contributed by atoms with Gasteiger partial charge in [0.2, 0.25) is 11.7 Å². The van der Waals surface area contributed by atoms with Gasteiger partial charge in [0.05, 0.1) is 12.2 Å². The van der Waals surface area contributed by atoms with Gasteiger partial charge in [0, 0.05) is 31.4 Å². The van der Waals surface area contributed by atoms with Crippen LogP contribution in [0.3, 0.4) is 0 Å². The standard InChI is InChI=1S/C23H29FN6O3/c1-2-33-23(32)15-6-3-7-16(12-15)28-18-9-5-11-30(22(18)31)17-8-4-10-29(13-17)21-19(24)20(25)26-14-27-21/h3,6-7,12,14,17-18,28H,2,4-5,8-11,13H2,1H3,(H2,25,26,27). The first-order chi connectivity index (χ1) is 16.0. The van der Waals surface area contributed by atoms with Crippen LogP contribution in [0.15, 0.2) is 30.6 Å². The molecule has 2 fully saturated rings. The van der Waals surface area contributed by atoms with Crippen molar-refractivity contribution < 1.29 is 18.7 Å². The fourth-order valence-corrected chi connectivity index (χ4v) is 4.54. The highest BCUT2D eigenvalue weighted by molar-refractivity contribution is 5.91. The lowest BCUT2D eigenvalue weighted by atomic mass is 9.97. The van der Waals surface area contributed by atoms with Crippen LogP contribution in [0, 0.1) is 5.82 Å². The van der Waals surface area contributed by atoms with Gasteiger partial charge < -0.3 is 25.6 Å². The fraction of sp³-hybridized carbons (Fsp3) is 0.478. The van der Waals surface area contributed by atoms with Gasteiger partial charge in [-0.2, -0.15) is 4.39 Å². The number of carbonyl (C=O) groups excluding carboxylic acids is 2. The van der Waals surface area contributed by atoms with E-state index in [1.807, 2.05) is 15.9 Å². The molecule has 2 aliphatic heterocycles. The summed E-state index contributed by atoms with van der Waals surface area (Å²) in [6.07, 6.45) is 4.47. The van der Waals surface area contributed by atoms with Gasteiger partial charge in [-0.3, -0.25) is 4.79 Å². The minimum atomic E-state index is -0.621. The number of ether oxygens (including phenoxy) is 1. The predicted octanol–water partition coefficient (Wildman–Crippen LogP) is 2.45. The Kier molecular flexibility index (Phi) is 6.90. The van der Waals surface area contributed by atoms with Crippen molar-refractivity contribution in [3.63, 3.8) is 0 Å². The van der Waals surface area contributed by atoms with Crippen molar-refractivity contribution in [1.29, 1.82) is 0 Å². The predicted molar refractivity (Wildman–Crippen MR) is 122 cm³/mol. The van der Waals surface area contributed by atoms with Crippen LogP contribution >= 0.6 is 0 Å². The number of benzene rings is 1. The molecule has 1 aromatic heterocycles. The topological polar surface area (TPSA) is 114 Å². The number of nitrogens with one attached hydrogen (secondary N) is 1. The first-order valence-corrected chi connectivity index (χ1v) is 11.3. The van der Waals surface area contributed by atoms with Crippen molar-refractivity contribution in [2.75, 3.05) is 42.2 Å². The summed E-state index contributed by atoms with van der Waals surface area (Å²) in [5.74, 6) is -0.994. The third-order valence-corrected chi connectivity index (χ3v) is 6.12. The number of likely N-dealkylation sites (tertiary alicyclic amines) is 1. The highest BCUT2D eigenvalue weighted by Crippen LogP contribution is 2.27. The molecule has 0 bridgehead atoms. The number of anilines is 3. The van der Waals surface area contributed by atoms with Crippen molar-refractivity contribution in [3.8, 4) is 0 Å². The number of hydrogen-bond acceptors (Lipinski definition) is 8. The molecule has 0 aliphatic carbocycles. The Labute approximate surface area is 192 Å². The van der Waals surface area contributed by atoms with Crippen molar-refractivity contribution >= 4 is 29.2 Å². The molecule has 2 saturated heterocycles. The van der Waals surface area contributed by atoms with Crippen LogP contribution in [0.4, 0.5) is 21.7 Å². The average Bonchev–Trinajstić information content (AvgIpc) is 2.83. The summed E-state index contributed by atoms with van der Waals surface area (Å²) >= 11 is 0. The molecule has 2 atom stereocenters. The molecular weight excluding hydrogens is 427 g/mol. The number of amides is 1. The number of halogens is 1. The molecule has 0 saturated carbocycles. The highest BCUT2D eigenvalue weighted by Gasteiger charge is 2.36. The van der Waals surface area contributed by atoms with Crippen molar-refractivity contribution in [2.24, 2.45) is 0 Å². The van der Waals surface area contributed by atoms with Crippen LogP contribution in [-0.2, 0) is 9.53 Å². The third kappa shape index (κ3) is 4.99. The van der Waals surface area contributed by atoms with E-state index in [0.717, 1.165) is 19.3 Å². The molecular formula is C23H29FN6O3. The minimum Gasteiger partial charge on any atom is -0.462 e. The van der Waals surface area contributed by atoms with E-state index in [4.69, 9.17) is 10.5 Å². The number of carbonyl (C=O) groups is 2. The lowest BCUT2D eigenvalue weighted by Crippen LogP contribution is -2.56. The Hall–Kier alpha value is -3.43. The summed E-state index contributed by atoms with van der Waals surface area (Å²) in [5.41, 5.74) is 6.75. The van der Waals surface area contributed by atoms with Crippen LogP contribution in [0.5, 0.6) is 0 Å². The lowest BCUT2D eigenvalue weighted by Gasteiger charge is -2.43. The molecule has 2 aromatic rings. The van der Waals surface area contributed by atoms with Crippen LogP contribution in [0.2, 0.25) is 0 Å². The zero-order valence-corrected chi connectivity index (χ0v) is 18.7. The first-order valence-electron chi connectivity index (χ1n) is 11.3. The molecule has 33 heavy (non-hydrogen) atoms. The Morgan fingerprint density at radius 2 is 2.09 bits per heavy atom. The van der Waals surface area contributed by atoms with Gasteiger partial charge in [0.15, 0.2) is 11.6 Å². The molecule has 2 unspecified atom stereocenters. The summed E-state index contributed by atoms with van der Waals surface area (Å²) < 4.78 is 19.5. The normalized spacial score (nSPS) is 21.1. The van der Waals surface area contributed by atoms with Crippen molar-refractivity contribution in [1.82, 2.24) is 14.9 Å². The molecule has 1 amide bonds. The number of aromatic nitrogens is 2. The fourth-order valence-electron chi connectivity index (χ4n) is 4.54. The molecule has 0 spiro atoms. The van der Waals surface area contributed by atoms with Gasteiger partial charge in [-0.25, -0.2) is 14.8 Å². The van der Waals surface area contributed by atoms with E-state index in [0.29, 0.717) is 43.9 Å². The van der Waals surface area contributed by atoms with Crippen molar-refractivity contribution in [2.45, 2.75) is 44.7 Å².